The highest BCUT2D eigenvalue weighted by Crippen LogP contribution is 2.32. The van der Waals surface area contributed by atoms with Gasteiger partial charge in [-0.25, -0.2) is 0 Å². The van der Waals surface area contributed by atoms with E-state index >= 15 is 0 Å². The van der Waals surface area contributed by atoms with Crippen LogP contribution in [0.25, 0.3) is 11.3 Å². The first kappa shape index (κ1) is 16.4. The van der Waals surface area contributed by atoms with E-state index in [1.165, 1.54) is 5.56 Å². The van der Waals surface area contributed by atoms with Crippen molar-refractivity contribution in [3.63, 3.8) is 0 Å². The molecule has 1 N–H and O–H groups in total. The van der Waals surface area contributed by atoms with Crippen molar-refractivity contribution in [2.75, 3.05) is 13.1 Å². The predicted octanol–water partition coefficient (Wildman–Crippen LogP) is 3.19. The number of piperidine rings is 1. The lowest BCUT2D eigenvalue weighted by Crippen LogP contribution is -2.39. The summed E-state index contributed by atoms with van der Waals surface area (Å²) in [5, 5.41) is 6.65. The largest absolute Gasteiger partial charge is 0.337 e. The van der Waals surface area contributed by atoms with E-state index in [4.69, 9.17) is 0 Å². The maximum absolute atomic E-state index is 12.7. The quantitative estimate of drug-likeness (QED) is 0.789. The highest BCUT2D eigenvalue weighted by atomic mass is 16.2. The molecule has 1 aliphatic rings. The summed E-state index contributed by atoms with van der Waals surface area (Å²) in [5.41, 5.74) is 4.69. The van der Waals surface area contributed by atoms with Crippen molar-refractivity contribution in [3.05, 3.63) is 65.9 Å². The first-order valence-electron chi connectivity index (χ1n) is 8.89. The van der Waals surface area contributed by atoms with Crippen LogP contribution >= 0.6 is 0 Å². The van der Waals surface area contributed by atoms with Crippen molar-refractivity contribution < 1.29 is 4.79 Å². The molecule has 3 heterocycles. The van der Waals surface area contributed by atoms with Crippen molar-refractivity contribution in [2.45, 2.75) is 25.7 Å². The second-order valence-electron chi connectivity index (χ2n) is 6.72. The Morgan fingerprint density at radius 1 is 1.19 bits per heavy atom. The summed E-state index contributed by atoms with van der Waals surface area (Å²) in [6.45, 7) is 3.48. The number of hydrogen-bond acceptors (Lipinski definition) is 4. The number of hydrogen-bond donors (Lipinski definition) is 1. The van der Waals surface area contributed by atoms with Crippen molar-refractivity contribution in [3.8, 4) is 11.3 Å². The molecule has 6 heteroatoms. The van der Waals surface area contributed by atoms with Gasteiger partial charge in [-0.3, -0.25) is 19.9 Å². The van der Waals surface area contributed by atoms with Gasteiger partial charge < -0.3 is 4.90 Å². The number of carbonyl (C=O) groups excluding carboxylic acids is 1. The summed E-state index contributed by atoms with van der Waals surface area (Å²) >= 11 is 0. The minimum Gasteiger partial charge on any atom is -0.337 e. The molecule has 1 aliphatic heterocycles. The molecule has 1 atom stereocenters. The highest BCUT2D eigenvalue weighted by Gasteiger charge is 2.28. The smallest absolute Gasteiger partial charge is 0.271 e. The molecule has 1 aromatic carbocycles. The van der Waals surface area contributed by atoms with Crippen LogP contribution in [0.2, 0.25) is 0 Å². The number of aryl methyl sites for hydroxylation is 1. The molecule has 4 rings (SSSR count). The number of H-pyrrole nitrogens is 1. The SMILES string of the molecule is Cc1cccc(-c2nccnc2C2CCCN(C(=O)c3ccn[nH]3)C2)c1. The average Bonchev–Trinajstić information content (AvgIpc) is 3.22. The predicted molar refractivity (Wildman–Crippen MR) is 98.7 cm³/mol. The summed E-state index contributed by atoms with van der Waals surface area (Å²) in [6.07, 6.45) is 7.04. The van der Waals surface area contributed by atoms with Gasteiger partial charge in [-0.15, -0.1) is 0 Å². The summed E-state index contributed by atoms with van der Waals surface area (Å²) in [6, 6.07) is 10.0. The number of amides is 1. The lowest BCUT2D eigenvalue weighted by Gasteiger charge is -2.32. The lowest BCUT2D eigenvalue weighted by atomic mass is 9.91. The Balaban J connectivity index is 1.62. The van der Waals surface area contributed by atoms with Crippen molar-refractivity contribution in [1.82, 2.24) is 25.1 Å². The number of aromatic amines is 1. The summed E-state index contributed by atoms with van der Waals surface area (Å²) in [4.78, 5) is 23.8. The number of rotatable bonds is 3. The van der Waals surface area contributed by atoms with Gasteiger partial charge in [-0.2, -0.15) is 5.10 Å². The molecule has 3 aromatic rings. The Morgan fingerprint density at radius 2 is 2.08 bits per heavy atom. The van der Waals surface area contributed by atoms with Crippen LogP contribution in [0.5, 0.6) is 0 Å². The third kappa shape index (κ3) is 3.22. The Kier molecular flexibility index (Phi) is 4.48. The molecule has 1 amide bonds. The molecular weight excluding hydrogens is 326 g/mol. The van der Waals surface area contributed by atoms with Gasteiger partial charge in [0.15, 0.2) is 0 Å². The summed E-state index contributed by atoms with van der Waals surface area (Å²) < 4.78 is 0. The number of carbonyl (C=O) groups is 1. The molecule has 0 radical (unpaired) electrons. The van der Waals surface area contributed by atoms with E-state index in [9.17, 15) is 4.79 Å². The molecule has 0 saturated carbocycles. The second-order valence-corrected chi connectivity index (χ2v) is 6.72. The molecule has 1 unspecified atom stereocenters. The molecule has 2 aromatic heterocycles. The van der Waals surface area contributed by atoms with Gasteiger partial charge in [0.25, 0.3) is 5.91 Å². The Hall–Kier alpha value is -3.02. The minimum atomic E-state index is -0.00630. The molecule has 6 nitrogen and oxygen atoms in total. The van der Waals surface area contributed by atoms with Crippen LogP contribution in [0.4, 0.5) is 0 Å². The first-order valence-corrected chi connectivity index (χ1v) is 8.89. The summed E-state index contributed by atoms with van der Waals surface area (Å²) in [5.74, 6) is 0.174. The van der Waals surface area contributed by atoms with E-state index in [1.54, 1.807) is 24.7 Å². The van der Waals surface area contributed by atoms with Crippen LogP contribution in [0, 0.1) is 6.92 Å². The fourth-order valence-corrected chi connectivity index (χ4v) is 3.59. The molecule has 0 spiro atoms. The maximum Gasteiger partial charge on any atom is 0.271 e. The molecule has 1 saturated heterocycles. The van der Waals surface area contributed by atoms with Gasteiger partial charge in [0.1, 0.15) is 5.69 Å². The standard InChI is InChI=1S/C20H21N5O/c1-14-4-2-5-15(12-14)18-19(22-10-9-21-18)16-6-3-11-25(13-16)20(26)17-7-8-23-24-17/h2,4-5,7-10,12,16H,3,6,11,13H2,1H3,(H,23,24). The topological polar surface area (TPSA) is 74.8 Å². The Morgan fingerprint density at radius 3 is 2.88 bits per heavy atom. The molecule has 0 aliphatic carbocycles. The third-order valence-electron chi connectivity index (χ3n) is 4.84. The molecule has 0 bridgehead atoms. The van der Waals surface area contributed by atoms with Crippen LogP contribution in [0.15, 0.2) is 48.9 Å². The van der Waals surface area contributed by atoms with Gasteiger partial charge in [0, 0.05) is 43.2 Å². The first-order chi connectivity index (χ1) is 12.7. The number of benzene rings is 1. The van der Waals surface area contributed by atoms with Gasteiger partial charge in [0.2, 0.25) is 0 Å². The fourth-order valence-electron chi connectivity index (χ4n) is 3.59. The van der Waals surface area contributed by atoms with Crippen LogP contribution in [0.3, 0.4) is 0 Å². The van der Waals surface area contributed by atoms with E-state index in [2.05, 4.69) is 45.3 Å². The molecule has 132 valence electrons. The van der Waals surface area contributed by atoms with E-state index in [0.717, 1.165) is 36.3 Å². The Labute approximate surface area is 152 Å². The maximum atomic E-state index is 12.7. The minimum absolute atomic E-state index is 0.00630. The molecule has 1 fully saturated rings. The van der Waals surface area contributed by atoms with Crippen molar-refractivity contribution >= 4 is 5.91 Å². The summed E-state index contributed by atoms with van der Waals surface area (Å²) in [7, 11) is 0. The third-order valence-corrected chi connectivity index (χ3v) is 4.84. The van der Waals surface area contributed by atoms with Crippen LogP contribution in [-0.2, 0) is 0 Å². The second kappa shape index (κ2) is 7.07. The zero-order chi connectivity index (χ0) is 17.9. The Bertz CT molecular complexity index is 906. The van der Waals surface area contributed by atoms with Gasteiger partial charge in [0.05, 0.1) is 11.4 Å². The normalized spacial score (nSPS) is 17.3. The zero-order valence-corrected chi connectivity index (χ0v) is 14.7. The van der Waals surface area contributed by atoms with Crippen LogP contribution in [-0.4, -0.2) is 44.1 Å². The fraction of sp³-hybridized carbons (Fsp3) is 0.300. The average molecular weight is 347 g/mol. The number of nitrogens with one attached hydrogen (secondary N) is 1. The van der Waals surface area contributed by atoms with E-state index in [0.29, 0.717) is 12.2 Å². The number of likely N-dealkylation sites (tertiary alicyclic amines) is 1. The van der Waals surface area contributed by atoms with Gasteiger partial charge in [-0.1, -0.05) is 23.8 Å². The van der Waals surface area contributed by atoms with Crippen molar-refractivity contribution in [2.24, 2.45) is 0 Å². The number of aromatic nitrogens is 4. The van der Waals surface area contributed by atoms with E-state index < -0.39 is 0 Å². The molecular formula is C20H21N5O. The monoisotopic (exact) mass is 347 g/mol. The zero-order valence-electron chi connectivity index (χ0n) is 14.7. The van der Waals surface area contributed by atoms with E-state index in [1.807, 2.05) is 11.0 Å². The molecule has 26 heavy (non-hydrogen) atoms. The van der Waals surface area contributed by atoms with Gasteiger partial charge >= 0.3 is 0 Å². The van der Waals surface area contributed by atoms with Crippen LogP contribution < -0.4 is 0 Å². The van der Waals surface area contributed by atoms with E-state index in [-0.39, 0.29) is 11.8 Å². The lowest BCUT2D eigenvalue weighted by molar-refractivity contribution is 0.0700. The van der Waals surface area contributed by atoms with Crippen LogP contribution in [0.1, 0.15) is 40.5 Å². The highest BCUT2D eigenvalue weighted by molar-refractivity contribution is 5.92. The van der Waals surface area contributed by atoms with Gasteiger partial charge in [-0.05, 0) is 31.9 Å². The van der Waals surface area contributed by atoms with Crippen molar-refractivity contribution in [1.29, 1.82) is 0 Å². The number of nitrogens with zero attached hydrogens (tertiary/aromatic N) is 4.